The van der Waals surface area contributed by atoms with Gasteiger partial charge in [0.15, 0.2) is 5.96 Å². The van der Waals surface area contributed by atoms with E-state index in [1.165, 1.54) is 17.7 Å². The van der Waals surface area contributed by atoms with E-state index < -0.39 is 11.6 Å². The molecule has 2 aromatic carbocycles. The number of aliphatic imine (C=N–C) groups is 1. The SMILES string of the molecule is CC(C)c1cccc(NC(N)=NCCc2cc(F)cc(F)c2)c1.I. The number of anilines is 1. The average molecular weight is 445 g/mol. The van der Waals surface area contributed by atoms with Crippen molar-refractivity contribution in [2.24, 2.45) is 10.7 Å². The Kier molecular flexibility index (Phi) is 8.10. The first-order valence-corrected chi connectivity index (χ1v) is 7.56. The van der Waals surface area contributed by atoms with E-state index in [9.17, 15) is 8.78 Å². The van der Waals surface area contributed by atoms with Gasteiger partial charge in [0.2, 0.25) is 0 Å². The van der Waals surface area contributed by atoms with Crippen LogP contribution in [0.5, 0.6) is 0 Å². The van der Waals surface area contributed by atoms with E-state index in [1.54, 1.807) is 0 Å². The summed E-state index contributed by atoms with van der Waals surface area (Å²) in [6.45, 7) is 4.59. The van der Waals surface area contributed by atoms with Gasteiger partial charge in [0, 0.05) is 18.3 Å². The number of nitrogens with zero attached hydrogens (tertiary/aromatic N) is 1. The van der Waals surface area contributed by atoms with Gasteiger partial charge in [-0.25, -0.2) is 8.78 Å². The van der Waals surface area contributed by atoms with Crippen LogP contribution in [0.2, 0.25) is 0 Å². The Morgan fingerprint density at radius 2 is 1.79 bits per heavy atom. The van der Waals surface area contributed by atoms with Gasteiger partial charge in [0.1, 0.15) is 11.6 Å². The molecular weight excluding hydrogens is 423 g/mol. The summed E-state index contributed by atoms with van der Waals surface area (Å²) in [6, 6.07) is 11.4. The lowest BCUT2D eigenvalue weighted by Gasteiger charge is -2.10. The molecule has 3 nitrogen and oxygen atoms in total. The maximum Gasteiger partial charge on any atom is 0.193 e. The van der Waals surface area contributed by atoms with Crippen LogP contribution in [0, 0.1) is 11.6 Å². The van der Waals surface area contributed by atoms with Crippen LogP contribution < -0.4 is 11.1 Å². The van der Waals surface area contributed by atoms with Gasteiger partial charge in [-0.3, -0.25) is 4.99 Å². The van der Waals surface area contributed by atoms with E-state index in [0.717, 1.165) is 11.8 Å². The van der Waals surface area contributed by atoms with Crippen LogP contribution in [0.25, 0.3) is 0 Å². The lowest BCUT2D eigenvalue weighted by molar-refractivity contribution is 0.579. The van der Waals surface area contributed by atoms with Crippen LogP contribution in [0.4, 0.5) is 14.5 Å². The average Bonchev–Trinajstić information content (AvgIpc) is 2.46. The second-order valence-electron chi connectivity index (χ2n) is 5.70. The van der Waals surface area contributed by atoms with Crippen molar-refractivity contribution in [2.75, 3.05) is 11.9 Å². The Balaban J connectivity index is 0.00000288. The molecule has 0 heterocycles. The van der Waals surface area contributed by atoms with Crippen LogP contribution in [0.3, 0.4) is 0 Å². The minimum Gasteiger partial charge on any atom is -0.370 e. The number of nitrogens with two attached hydrogens (primary N) is 1. The fourth-order valence-electron chi connectivity index (χ4n) is 2.22. The van der Waals surface area contributed by atoms with Gasteiger partial charge in [0.05, 0.1) is 0 Å². The fourth-order valence-corrected chi connectivity index (χ4v) is 2.22. The summed E-state index contributed by atoms with van der Waals surface area (Å²) in [5, 5.41) is 3.03. The molecule has 2 aromatic rings. The Morgan fingerprint density at radius 1 is 1.12 bits per heavy atom. The number of benzene rings is 2. The molecular formula is C18H22F2IN3. The summed E-state index contributed by atoms with van der Waals surface area (Å²) in [6.07, 6.45) is 0.420. The molecule has 0 fully saturated rings. The molecule has 2 rings (SSSR count). The monoisotopic (exact) mass is 445 g/mol. The van der Waals surface area contributed by atoms with E-state index in [1.807, 2.05) is 18.2 Å². The lowest BCUT2D eigenvalue weighted by atomic mass is 10.0. The van der Waals surface area contributed by atoms with Gasteiger partial charge in [0.25, 0.3) is 0 Å². The Morgan fingerprint density at radius 3 is 2.42 bits per heavy atom. The third kappa shape index (κ3) is 6.43. The van der Waals surface area contributed by atoms with E-state index in [2.05, 4.69) is 30.2 Å². The molecule has 6 heteroatoms. The van der Waals surface area contributed by atoms with Crippen molar-refractivity contribution in [3.63, 3.8) is 0 Å². The normalized spacial score (nSPS) is 11.3. The molecule has 0 amide bonds. The number of rotatable bonds is 5. The van der Waals surface area contributed by atoms with Gasteiger partial charge in [-0.15, -0.1) is 24.0 Å². The molecule has 0 bridgehead atoms. The highest BCUT2D eigenvalue weighted by Crippen LogP contribution is 2.18. The number of guanidine groups is 1. The lowest BCUT2D eigenvalue weighted by Crippen LogP contribution is -2.23. The zero-order valence-electron chi connectivity index (χ0n) is 13.7. The number of halogens is 3. The minimum atomic E-state index is -0.583. The predicted molar refractivity (Wildman–Crippen MR) is 106 cm³/mol. The van der Waals surface area contributed by atoms with Gasteiger partial charge >= 0.3 is 0 Å². The highest BCUT2D eigenvalue weighted by Gasteiger charge is 2.02. The fraction of sp³-hybridized carbons (Fsp3) is 0.278. The number of nitrogens with one attached hydrogen (secondary N) is 1. The number of hydrogen-bond donors (Lipinski definition) is 2. The van der Waals surface area contributed by atoms with E-state index in [0.29, 0.717) is 24.4 Å². The smallest absolute Gasteiger partial charge is 0.193 e. The van der Waals surface area contributed by atoms with Gasteiger partial charge in [-0.1, -0.05) is 26.0 Å². The standard InChI is InChI=1S/C18H21F2N3.HI/c1-12(2)14-4-3-5-17(10-14)23-18(21)22-7-6-13-8-15(19)11-16(20)9-13;/h3-5,8-12H,6-7H2,1-2H3,(H3,21,22,23);1H. The van der Waals surface area contributed by atoms with Crippen molar-refractivity contribution < 1.29 is 8.78 Å². The van der Waals surface area contributed by atoms with E-state index in [4.69, 9.17) is 5.73 Å². The molecule has 0 radical (unpaired) electrons. The van der Waals surface area contributed by atoms with Gasteiger partial charge in [-0.2, -0.15) is 0 Å². The van der Waals surface area contributed by atoms with Crippen molar-refractivity contribution in [1.29, 1.82) is 0 Å². The summed E-state index contributed by atoms with van der Waals surface area (Å²) >= 11 is 0. The minimum absolute atomic E-state index is 0. The number of hydrogen-bond acceptors (Lipinski definition) is 1. The molecule has 0 atom stereocenters. The molecule has 0 aliphatic carbocycles. The second kappa shape index (κ2) is 9.56. The van der Waals surface area contributed by atoms with Gasteiger partial charge in [-0.05, 0) is 47.7 Å². The first kappa shape index (κ1) is 20.3. The van der Waals surface area contributed by atoms with Crippen LogP contribution in [0.15, 0.2) is 47.5 Å². The van der Waals surface area contributed by atoms with Crippen molar-refractivity contribution in [3.05, 3.63) is 65.2 Å². The Hall–Kier alpha value is -1.70. The summed E-state index contributed by atoms with van der Waals surface area (Å²) in [5.41, 5.74) is 8.48. The van der Waals surface area contributed by atoms with Crippen molar-refractivity contribution in [2.45, 2.75) is 26.2 Å². The molecule has 0 aliphatic heterocycles. The van der Waals surface area contributed by atoms with Crippen molar-refractivity contribution in [1.82, 2.24) is 0 Å². The predicted octanol–water partition coefficient (Wildman–Crippen LogP) is 4.68. The quantitative estimate of drug-likeness (QED) is 0.399. The molecule has 3 N–H and O–H groups in total. The maximum atomic E-state index is 13.1. The van der Waals surface area contributed by atoms with Crippen LogP contribution in [-0.4, -0.2) is 12.5 Å². The zero-order chi connectivity index (χ0) is 16.8. The summed E-state index contributed by atoms with van der Waals surface area (Å²) < 4.78 is 26.2. The first-order chi connectivity index (χ1) is 10.9. The molecule has 0 saturated heterocycles. The van der Waals surface area contributed by atoms with Crippen LogP contribution in [0.1, 0.15) is 30.9 Å². The third-order valence-corrected chi connectivity index (χ3v) is 3.43. The Bertz CT molecular complexity index is 682. The van der Waals surface area contributed by atoms with E-state index in [-0.39, 0.29) is 29.9 Å². The van der Waals surface area contributed by atoms with Crippen LogP contribution >= 0.6 is 24.0 Å². The van der Waals surface area contributed by atoms with Crippen LogP contribution in [-0.2, 0) is 6.42 Å². The third-order valence-electron chi connectivity index (χ3n) is 3.43. The molecule has 0 spiro atoms. The molecule has 0 aromatic heterocycles. The summed E-state index contributed by atoms with van der Waals surface area (Å²) in [7, 11) is 0. The molecule has 0 saturated carbocycles. The van der Waals surface area contributed by atoms with Gasteiger partial charge < -0.3 is 11.1 Å². The molecule has 24 heavy (non-hydrogen) atoms. The molecule has 0 unspecified atom stereocenters. The van der Waals surface area contributed by atoms with Crippen molar-refractivity contribution >= 4 is 35.6 Å². The Labute approximate surface area is 158 Å². The molecule has 130 valence electrons. The highest BCUT2D eigenvalue weighted by molar-refractivity contribution is 14.0. The molecule has 0 aliphatic rings. The first-order valence-electron chi connectivity index (χ1n) is 7.56. The summed E-state index contributed by atoms with van der Waals surface area (Å²) in [5.74, 6) is -0.457. The highest BCUT2D eigenvalue weighted by atomic mass is 127. The maximum absolute atomic E-state index is 13.1. The topological polar surface area (TPSA) is 50.4 Å². The largest absolute Gasteiger partial charge is 0.370 e. The van der Waals surface area contributed by atoms with Crippen molar-refractivity contribution in [3.8, 4) is 0 Å². The second-order valence-corrected chi connectivity index (χ2v) is 5.70. The van der Waals surface area contributed by atoms with E-state index >= 15 is 0 Å². The summed E-state index contributed by atoms with van der Waals surface area (Å²) in [4.78, 5) is 4.19. The zero-order valence-corrected chi connectivity index (χ0v) is 16.1.